The van der Waals surface area contributed by atoms with Crippen LogP contribution in [-0.4, -0.2) is 72.6 Å². The van der Waals surface area contributed by atoms with E-state index in [0.29, 0.717) is 52.7 Å². The highest BCUT2D eigenvalue weighted by molar-refractivity contribution is 6.03. The van der Waals surface area contributed by atoms with Gasteiger partial charge in [-0.25, -0.2) is 4.98 Å². The van der Waals surface area contributed by atoms with Crippen molar-refractivity contribution in [3.63, 3.8) is 0 Å². The van der Waals surface area contributed by atoms with Gasteiger partial charge in [-0.05, 0) is 99.4 Å². The van der Waals surface area contributed by atoms with Crippen LogP contribution < -0.4 is 24.7 Å². The maximum Gasteiger partial charge on any atom is 0.266 e. The molecule has 5 aromatic rings. The summed E-state index contributed by atoms with van der Waals surface area (Å²) in [6.07, 6.45) is 8.73. The summed E-state index contributed by atoms with van der Waals surface area (Å²) in [6, 6.07) is 27.3. The number of ether oxygens (including phenoxy) is 3. The summed E-state index contributed by atoms with van der Waals surface area (Å²) in [5, 5.41) is 0.611. The first-order chi connectivity index (χ1) is 26.5. The van der Waals surface area contributed by atoms with Gasteiger partial charge in [0, 0.05) is 43.2 Å². The third kappa shape index (κ3) is 7.29. The maximum absolute atomic E-state index is 14.3. The number of methoxy groups -OCH3 is 1. The van der Waals surface area contributed by atoms with Crippen molar-refractivity contribution in [2.45, 2.75) is 57.9 Å². The summed E-state index contributed by atoms with van der Waals surface area (Å²) in [4.78, 5) is 41.4. The molecular formula is C44H47N5O5. The average Bonchev–Trinajstić information content (AvgIpc) is 3.64. The van der Waals surface area contributed by atoms with E-state index in [1.165, 1.54) is 0 Å². The van der Waals surface area contributed by atoms with Crippen molar-refractivity contribution in [2.24, 2.45) is 10.9 Å². The second-order valence-electron chi connectivity index (χ2n) is 14.6. The number of aliphatic imine (C=N–C) groups is 1. The molecule has 0 radical (unpaired) electrons. The topological polar surface area (TPSA) is 98.5 Å². The minimum atomic E-state index is -0.0907. The summed E-state index contributed by atoms with van der Waals surface area (Å²) in [6.45, 7) is 6.11. The summed E-state index contributed by atoms with van der Waals surface area (Å²) < 4.78 is 19.5. The molecule has 1 amide bonds. The predicted molar refractivity (Wildman–Crippen MR) is 213 cm³/mol. The fraction of sp³-hybridized carbons (Fsp3) is 0.364. The molecule has 0 spiro atoms. The Hall–Kier alpha value is -5.64. The van der Waals surface area contributed by atoms with Gasteiger partial charge in [-0.15, -0.1) is 0 Å². The first kappa shape index (κ1) is 35.4. The van der Waals surface area contributed by atoms with E-state index in [4.69, 9.17) is 19.2 Å². The van der Waals surface area contributed by atoms with E-state index in [-0.39, 0.29) is 17.5 Å². The SMILES string of the molecule is COc1cc2c(cc1OCCCCCOc1ccc(-n3c(-c4ccccc4)nc4ccc(N5CCC(C)CC5)cc4c3=O)cc1)N=C[C@@H]1CCCN1C2=O. The lowest BCUT2D eigenvalue weighted by molar-refractivity contribution is 0.0774. The third-order valence-corrected chi connectivity index (χ3v) is 10.9. The second kappa shape index (κ2) is 15.8. The van der Waals surface area contributed by atoms with E-state index >= 15 is 0 Å². The lowest BCUT2D eigenvalue weighted by atomic mass is 9.98. The van der Waals surface area contributed by atoms with Crippen LogP contribution in [0.25, 0.3) is 28.0 Å². The van der Waals surface area contributed by atoms with Crippen LogP contribution in [0.1, 0.15) is 62.2 Å². The summed E-state index contributed by atoms with van der Waals surface area (Å²) >= 11 is 0. The zero-order valence-corrected chi connectivity index (χ0v) is 31.1. The normalized spacial score (nSPS) is 17.0. The molecule has 10 heteroatoms. The van der Waals surface area contributed by atoms with Gasteiger partial charge < -0.3 is 24.0 Å². The van der Waals surface area contributed by atoms with Gasteiger partial charge in [-0.1, -0.05) is 37.3 Å². The van der Waals surface area contributed by atoms with Crippen molar-refractivity contribution in [3.05, 3.63) is 101 Å². The number of nitrogens with zero attached hydrogens (tertiary/aromatic N) is 5. The Morgan fingerprint density at radius 3 is 2.31 bits per heavy atom. The fourth-order valence-electron chi connectivity index (χ4n) is 7.72. The number of hydrogen-bond acceptors (Lipinski definition) is 8. The Balaban J connectivity index is 0.900. The molecule has 2 fully saturated rings. The van der Waals surface area contributed by atoms with E-state index in [1.807, 2.05) is 83.9 Å². The molecule has 0 bridgehead atoms. The highest BCUT2D eigenvalue weighted by Crippen LogP contribution is 2.38. The van der Waals surface area contributed by atoms with Gasteiger partial charge >= 0.3 is 0 Å². The van der Waals surface area contributed by atoms with E-state index in [9.17, 15) is 9.59 Å². The monoisotopic (exact) mass is 725 g/mol. The minimum Gasteiger partial charge on any atom is -0.494 e. The van der Waals surface area contributed by atoms with Crippen molar-refractivity contribution >= 4 is 34.4 Å². The van der Waals surface area contributed by atoms with E-state index < -0.39 is 0 Å². The molecule has 1 atom stereocenters. The minimum absolute atomic E-state index is 0.00236. The van der Waals surface area contributed by atoms with E-state index in [2.05, 4.69) is 22.9 Å². The molecule has 1 aromatic heterocycles. The van der Waals surface area contributed by atoms with Gasteiger partial charge in [0.2, 0.25) is 0 Å². The van der Waals surface area contributed by atoms with Crippen LogP contribution in [0.2, 0.25) is 0 Å². The molecule has 0 N–H and O–H groups in total. The average molecular weight is 726 g/mol. The van der Waals surface area contributed by atoms with Gasteiger partial charge in [0.15, 0.2) is 11.5 Å². The maximum atomic E-state index is 14.3. The number of carbonyl (C=O) groups excluding carboxylic acids is 1. The molecule has 2 saturated heterocycles. The van der Waals surface area contributed by atoms with Crippen molar-refractivity contribution in [2.75, 3.05) is 44.9 Å². The smallest absolute Gasteiger partial charge is 0.266 e. The molecule has 3 aliphatic rings. The molecule has 0 saturated carbocycles. The lowest BCUT2D eigenvalue weighted by Crippen LogP contribution is -2.35. The number of anilines is 1. The standard InChI is InChI=1S/C44H47N5O5/c1-30-19-22-47(23-20-30)33-15-18-38-36(26-33)44(51)49(42(46-38)31-10-5-3-6-11-31)32-13-16-35(17-14-32)53-24-7-4-8-25-54-41-28-39-37(27-40(41)52-2)43(50)48-21-9-12-34(48)29-45-39/h3,5-6,10-11,13-18,26-30,34H,4,7-9,12,19-25H2,1-2H3/t34-/m0/s1. The van der Waals surface area contributed by atoms with Crippen LogP contribution in [0.3, 0.4) is 0 Å². The third-order valence-electron chi connectivity index (χ3n) is 10.9. The van der Waals surface area contributed by atoms with Crippen LogP contribution in [0, 0.1) is 5.92 Å². The van der Waals surface area contributed by atoms with Crippen LogP contribution in [-0.2, 0) is 0 Å². The zero-order valence-electron chi connectivity index (χ0n) is 31.1. The highest BCUT2D eigenvalue weighted by atomic mass is 16.5. The van der Waals surface area contributed by atoms with Crippen molar-refractivity contribution in [1.82, 2.24) is 14.5 Å². The van der Waals surface area contributed by atoms with Gasteiger partial charge in [-0.2, -0.15) is 0 Å². The number of carbonyl (C=O) groups is 1. The van der Waals surface area contributed by atoms with Crippen molar-refractivity contribution in [3.8, 4) is 34.3 Å². The summed E-state index contributed by atoms with van der Waals surface area (Å²) in [5.74, 6) is 3.20. The highest BCUT2D eigenvalue weighted by Gasteiger charge is 2.32. The van der Waals surface area contributed by atoms with Crippen molar-refractivity contribution < 1.29 is 19.0 Å². The van der Waals surface area contributed by atoms with Crippen LogP contribution in [0.5, 0.6) is 17.2 Å². The quantitative estimate of drug-likeness (QED) is 0.120. The molecule has 278 valence electrons. The molecule has 8 rings (SSSR count). The number of hydrogen-bond donors (Lipinski definition) is 0. The number of fused-ring (bicyclic) bond motifs is 3. The number of aromatic nitrogens is 2. The molecule has 0 unspecified atom stereocenters. The first-order valence-electron chi connectivity index (χ1n) is 19.3. The Kier molecular flexibility index (Phi) is 10.3. The lowest BCUT2D eigenvalue weighted by Gasteiger charge is -2.32. The molecule has 3 aliphatic heterocycles. The Labute approximate surface area is 316 Å². The first-order valence-corrected chi connectivity index (χ1v) is 19.3. The van der Waals surface area contributed by atoms with Gasteiger partial charge in [0.05, 0.1) is 54.2 Å². The molecule has 4 heterocycles. The number of rotatable bonds is 12. The van der Waals surface area contributed by atoms with Crippen LogP contribution in [0.15, 0.2) is 94.7 Å². The van der Waals surface area contributed by atoms with Gasteiger partial charge in [0.25, 0.3) is 11.5 Å². The number of benzene rings is 4. The Bertz CT molecular complexity index is 2210. The number of piperidine rings is 1. The zero-order chi connectivity index (χ0) is 37.0. The van der Waals surface area contributed by atoms with Crippen LogP contribution >= 0.6 is 0 Å². The number of amides is 1. The molecule has 54 heavy (non-hydrogen) atoms. The second-order valence-corrected chi connectivity index (χ2v) is 14.6. The molecule has 10 nitrogen and oxygen atoms in total. The molecule has 4 aromatic carbocycles. The van der Waals surface area contributed by atoms with E-state index in [0.717, 1.165) is 93.2 Å². The molecular weight excluding hydrogens is 679 g/mol. The van der Waals surface area contributed by atoms with Gasteiger partial charge in [0.1, 0.15) is 11.6 Å². The van der Waals surface area contributed by atoms with Gasteiger partial charge in [-0.3, -0.25) is 19.1 Å². The Morgan fingerprint density at radius 1 is 0.778 bits per heavy atom. The molecule has 0 aliphatic carbocycles. The van der Waals surface area contributed by atoms with E-state index in [1.54, 1.807) is 17.7 Å². The largest absolute Gasteiger partial charge is 0.494 e. The number of unbranched alkanes of at least 4 members (excludes halogenated alkanes) is 2. The fourth-order valence-corrected chi connectivity index (χ4v) is 7.72. The predicted octanol–water partition coefficient (Wildman–Crippen LogP) is 8.25. The van der Waals surface area contributed by atoms with Crippen LogP contribution in [0.4, 0.5) is 11.4 Å². The summed E-state index contributed by atoms with van der Waals surface area (Å²) in [7, 11) is 1.59. The summed E-state index contributed by atoms with van der Waals surface area (Å²) in [5.41, 5.74) is 4.46. The Morgan fingerprint density at radius 2 is 1.54 bits per heavy atom. The van der Waals surface area contributed by atoms with Crippen molar-refractivity contribution in [1.29, 1.82) is 0 Å².